The maximum absolute atomic E-state index is 6.54. The smallest absolute Gasteiger partial charge is 0.163 e. The molecule has 31 heavy (non-hydrogen) atoms. The van der Waals surface area contributed by atoms with E-state index in [1.807, 2.05) is 19.1 Å². The molecule has 0 unspecified atom stereocenters. The van der Waals surface area contributed by atoms with Gasteiger partial charge in [-0.2, -0.15) is 0 Å². The van der Waals surface area contributed by atoms with E-state index >= 15 is 0 Å². The van der Waals surface area contributed by atoms with Crippen LogP contribution in [0.5, 0.6) is 5.75 Å². The van der Waals surface area contributed by atoms with Crippen LogP contribution in [0.15, 0.2) is 36.4 Å². The van der Waals surface area contributed by atoms with E-state index < -0.39 is 11.2 Å². The van der Waals surface area contributed by atoms with Gasteiger partial charge in [0.2, 0.25) is 0 Å². The zero-order valence-corrected chi connectivity index (χ0v) is 19.1. The van der Waals surface area contributed by atoms with Gasteiger partial charge in [-0.05, 0) is 55.9 Å². The standard InChI is InChI=1S/C25H34O6/c1-6-27-23-16(3)25-12-11-24(4,30-31-25)19-13-20(15(2)21(19)22(25)29-23)28-14-17-7-9-18(26-5)10-8-17/h7-12,15-16,19-23H,6,13-14H2,1-5H3/t15-,16-,19-,20-,21+,22+,23+,24-,25-/m0/s1. The summed E-state index contributed by atoms with van der Waals surface area (Å²) in [6.07, 6.45) is 5.01. The van der Waals surface area contributed by atoms with Gasteiger partial charge >= 0.3 is 0 Å². The molecule has 3 fully saturated rings. The molecule has 3 heterocycles. The van der Waals surface area contributed by atoms with E-state index in [1.165, 1.54) is 0 Å². The van der Waals surface area contributed by atoms with Crippen molar-refractivity contribution in [3.05, 3.63) is 42.0 Å². The predicted octanol–water partition coefficient (Wildman–Crippen LogP) is 4.28. The van der Waals surface area contributed by atoms with Crippen LogP contribution in [0.3, 0.4) is 0 Å². The van der Waals surface area contributed by atoms with Crippen molar-refractivity contribution >= 4 is 0 Å². The van der Waals surface area contributed by atoms with Crippen LogP contribution in [-0.4, -0.2) is 43.4 Å². The molecular formula is C25H34O6. The molecule has 1 aromatic rings. The molecule has 6 heteroatoms. The summed E-state index contributed by atoms with van der Waals surface area (Å²) in [7, 11) is 1.68. The molecule has 1 saturated carbocycles. The van der Waals surface area contributed by atoms with Crippen molar-refractivity contribution in [2.75, 3.05) is 13.7 Å². The van der Waals surface area contributed by atoms with Crippen LogP contribution >= 0.6 is 0 Å². The van der Waals surface area contributed by atoms with Gasteiger partial charge < -0.3 is 18.9 Å². The van der Waals surface area contributed by atoms with Crippen molar-refractivity contribution in [2.45, 2.75) is 70.4 Å². The number of benzene rings is 1. The Morgan fingerprint density at radius 1 is 1.06 bits per heavy atom. The molecular weight excluding hydrogens is 396 g/mol. The summed E-state index contributed by atoms with van der Waals surface area (Å²) in [6.45, 7) is 9.73. The molecule has 1 aromatic carbocycles. The van der Waals surface area contributed by atoms with Crippen molar-refractivity contribution in [1.82, 2.24) is 0 Å². The van der Waals surface area contributed by atoms with Gasteiger partial charge in [-0.3, -0.25) is 0 Å². The van der Waals surface area contributed by atoms with Crippen LogP contribution in [-0.2, 0) is 30.6 Å². The van der Waals surface area contributed by atoms with E-state index in [-0.39, 0.29) is 36.3 Å². The Balaban J connectivity index is 1.38. The molecule has 3 aliphatic heterocycles. The summed E-state index contributed by atoms with van der Waals surface area (Å²) in [5, 5.41) is 0. The minimum atomic E-state index is -0.613. The maximum atomic E-state index is 6.54. The molecule has 0 amide bonds. The van der Waals surface area contributed by atoms with Crippen LogP contribution < -0.4 is 4.74 Å². The highest BCUT2D eigenvalue weighted by molar-refractivity contribution is 5.28. The lowest BCUT2D eigenvalue weighted by Crippen LogP contribution is -2.49. The molecule has 0 N–H and O–H groups in total. The van der Waals surface area contributed by atoms with Gasteiger partial charge in [0.1, 0.15) is 17.5 Å². The molecule has 2 bridgehead atoms. The van der Waals surface area contributed by atoms with Crippen LogP contribution in [0.4, 0.5) is 0 Å². The first-order valence-electron chi connectivity index (χ1n) is 11.5. The molecule has 5 aliphatic rings. The fourth-order valence-corrected chi connectivity index (χ4v) is 6.13. The molecule has 2 aliphatic carbocycles. The van der Waals surface area contributed by atoms with Crippen molar-refractivity contribution < 1.29 is 28.7 Å². The number of hydrogen-bond acceptors (Lipinski definition) is 6. The zero-order chi connectivity index (χ0) is 21.8. The van der Waals surface area contributed by atoms with Gasteiger partial charge in [-0.1, -0.05) is 32.1 Å². The van der Waals surface area contributed by atoms with E-state index in [0.29, 0.717) is 19.1 Å². The van der Waals surface area contributed by atoms with Gasteiger partial charge in [0.15, 0.2) is 11.9 Å². The number of ether oxygens (including phenoxy) is 4. The normalized spacial score (nSPS) is 45.4. The SMILES string of the molecule is CCO[C@@H]1O[C@@H]2[C@@H]3[C@@H](C)[C@@H](OCc4ccc(OC)cc4)C[C@@H]3[C@]3(C)C=C[C@]2(OO3)[C@H]1C. The van der Waals surface area contributed by atoms with Crippen LogP contribution in [0, 0.1) is 23.7 Å². The lowest BCUT2D eigenvalue weighted by atomic mass is 9.74. The van der Waals surface area contributed by atoms with Gasteiger partial charge in [0.05, 0.1) is 19.8 Å². The van der Waals surface area contributed by atoms with Gasteiger partial charge in [-0.25, -0.2) is 9.78 Å². The Bertz CT molecular complexity index is 824. The first-order chi connectivity index (χ1) is 14.9. The second-order valence-electron chi connectivity index (χ2n) is 9.68. The van der Waals surface area contributed by atoms with Crippen LogP contribution in [0.2, 0.25) is 0 Å². The molecule has 0 radical (unpaired) electrons. The topological polar surface area (TPSA) is 55.4 Å². The molecule has 0 aromatic heterocycles. The number of rotatable bonds is 6. The zero-order valence-electron chi connectivity index (χ0n) is 19.1. The molecule has 9 atom stereocenters. The van der Waals surface area contributed by atoms with Gasteiger partial charge in [0.25, 0.3) is 0 Å². The molecule has 1 spiro atoms. The summed E-state index contributed by atoms with van der Waals surface area (Å²) in [6, 6.07) is 8.07. The summed E-state index contributed by atoms with van der Waals surface area (Å²) >= 11 is 0. The Morgan fingerprint density at radius 3 is 2.48 bits per heavy atom. The Kier molecular flexibility index (Phi) is 5.42. The third-order valence-electron chi connectivity index (χ3n) is 8.07. The highest BCUT2D eigenvalue weighted by atomic mass is 17.2. The second-order valence-corrected chi connectivity index (χ2v) is 9.68. The number of methoxy groups -OCH3 is 1. The van der Waals surface area contributed by atoms with E-state index in [2.05, 4.69) is 45.1 Å². The predicted molar refractivity (Wildman–Crippen MR) is 114 cm³/mol. The third-order valence-corrected chi connectivity index (χ3v) is 8.07. The first-order valence-corrected chi connectivity index (χ1v) is 11.5. The number of fused-ring (bicyclic) bond motifs is 1. The summed E-state index contributed by atoms with van der Waals surface area (Å²) in [4.78, 5) is 12.2. The van der Waals surface area contributed by atoms with Crippen molar-refractivity contribution in [3.63, 3.8) is 0 Å². The highest BCUT2D eigenvalue weighted by Gasteiger charge is 2.69. The third kappa shape index (κ3) is 3.26. The lowest BCUT2D eigenvalue weighted by Gasteiger charge is -2.38. The van der Waals surface area contributed by atoms with E-state index in [4.69, 9.17) is 28.7 Å². The number of hydrogen-bond donors (Lipinski definition) is 0. The minimum absolute atomic E-state index is 0.0449. The van der Waals surface area contributed by atoms with Gasteiger partial charge in [0, 0.05) is 18.4 Å². The highest BCUT2D eigenvalue weighted by Crippen LogP contribution is 2.60. The van der Waals surface area contributed by atoms with Crippen molar-refractivity contribution in [2.24, 2.45) is 23.7 Å². The Hall–Kier alpha value is -1.44. The van der Waals surface area contributed by atoms with Crippen molar-refractivity contribution in [1.29, 1.82) is 0 Å². The van der Waals surface area contributed by atoms with Gasteiger partial charge in [-0.15, -0.1) is 0 Å². The van der Waals surface area contributed by atoms with E-state index in [9.17, 15) is 0 Å². The second kappa shape index (κ2) is 7.85. The largest absolute Gasteiger partial charge is 0.497 e. The van der Waals surface area contributed by atoms with Crippen LogP contribution in [0.25, 0.3) is 0 Å². The maximum Gasteiger partial charge on any atom is 0.163 e. The van der Waals surface area contributed by atoms with E-state index in [1.54, 1.807) is 7.11 Å². The Labute approximate surface area is 184 Å². The fraction of sp³-hybridized carbons (Fsp3) is 0.680. The minimum Gasteiger partial charge on any atom is -0.497 e. The quantitative estimate of drug-likeness (QED) is 0.496. The monoisotopic (exact) mass is 430 g/mol. The average molecular weight is 431 g/mol. The molecule has 6 rings (SSSR count). The summed E-state index contributed by atoms with van der Waals surface area (Å²) in [5.74, 6) is 1.72. The molecule has 170 valence electrons. The fourth-order valence-electron chi connectivity index (χ4n) is 6.13. The van der Waals surface area contributed by atoms with E-state index in [0.717, 1.165) is 17.7 Å². The lowest BCUT2D eigenvalue weighted by molar-refractivity contribution is -0.405. The van der Waals surface area contributed by atoms with Crippen molar-refractivity contribution in [3.8, 4) is 5.75 Å². The Morgan fingerprint density at radius 2 is 1.84 bits per heavy atom. The molecule has 2 saturated heterocycles. The van der Waals surface area contributed by atoms with Crippen LogP contribution in [0.1, 0.15) is 39.7 Å². The summed E-state index contributed by atoms with van der Waals surface area (Å²) in [5.41, 5.74) is 0.0559. The first kappa shape index (κ1) is 21.4. The summed E-state index contributed by atoms with van der Waals surface area (Å²) < 4.78 is 24.2. The average Bonchev–Trinajstić information content (AvgIpc) is 3.18. The molecule has 6 nitrogen and oxygen atoms in total.